The molecule has 0 aliphatic heterocycles. The van der Waals surface area contributed by atoms with Crippen LogP contribution < -0.4 is 10.1 Å². The molecule has 0 heterocycles. The highest BCUT2D eigenvalue weighted by molar-refractivity contribution is 5.68. The van der Waals surface area contributed by atoms with E-state index in [1.54, 1.807) is 24.3 Å². The van der Waals surface area contributed by atoms with Gasteiger partial charge in [-0.05, 0) is 61.2 Å². The molecule has 0 bridgehead atoms. The number of carboxylic acid groups (broad SMARTS) is 1. The number of hydrogen-bond donors (Lipinski definition) is 4. The number of phenolic OH excluding ortho intramolecular Hbond substituents is 1. The molecule has 6 nitrogen and oxygen atoms in total. The van der Waals surface area contributed by atoms with Crippen LogP contribution in [0.1, 0.15) is 36.6 Å². The molecule has 0 amide bonds. The second-order valence-electron chi connectivity index (χ2n) is 6.51. The number of aromatic hydroxyl groups is 1. The molecule has 0 aliphatic carbocycles. The van der Waals surface area contributed by atoms with Gasteiger partial charge in [0, 0.05) is 6.04 Å². The molecule has 0 saturated heterocycles. The van der Waals surface area contributed by atoms with Crippen molar-refractivity contribution >= 4 is 5.97 Å². The number of rotatable bonds is 10. The van der Waals surface area contributed by atoms with E-state index in [1.165, 1.54) is 0 Å². The van der Waals surface area contributed by atoms with Crippen LogP contribution in [0.2, 0.25) is 0 Å². The quantitative estimate of drug-likeness (QED) is 0.511. The molecule has 2 atom stereocenters. The van der Waals surface area contributed by atoms with Crippen molar-refractivity contribution < 1.29 is 24.9 Å². The summed E-state index contributed by atoms with van der Waals surface area (Å²) >= 11 is 0. The molecule has 2 aromatic rings. The van der Waals surface area contributed by atoms with Gasteiger partial charge < -0.3 is 25.4 Å². The number of benzene rings is 2. The predicted octanol–water partition coefficient (Wildman–Crippen LogP) is 2.67. The fourth-order valence-corrected chi connectivity index (χ4v) is 2.86. The molecule has 6 heteroatoms. The van der Waals surface area contributed by atoms with E-state index in [-0.39, 0.29) is 18.4 Å². The molecule has 0 radical (unpaired) electrons. The number of carbonyl (C=O) groups is 1. The summed E-state index contributed by atoms with van der Waals surface area (Å²) < 4.78 is 5.31. The Morgan fingerprint density at radius 1 is 1.19 bits per heavy atom. The van der Waals surface area contributed by atoms with Crippen LogP contribution in [0.3, 0.4) is 0 Å². The van der Waals surface area contributed by atoms with E-state index in [0.29, 0.717) is 12.3 Å². The van der Waals surface area contributed by atoms with Gasteiger partial charge in [0.05, 0.1) is 6.10 Å². The van der Waals surface area contributed by atoms with Gasteiger partial charge in [0.15, 0.2) is 6.61 Å². The predicted molar refractivity (Wildman–Crippen MR) is 103 cm³/mol. The summed E-state index contributed by atoms with van der Waals surface area (Å²) in [4.78, 5) is 10.7. The monoisotopic (exact) mass is 373 g/mol. The normalized spacial score (nSPS) is 13.1. The summed E-state index contributed by atoms with van der Waals surface area (Å²) in [7, 11) is 0. The van der Waals surface area contributed by atoms with E-state index in [0.717, 1.165) is 29.5 Å². The number of aliphatic carboxylic acids is 1. The molecule has 0 aliphatic rings. The molecule has 0 spiro atoms. The van der Waals surface area contributed by atoms with Gasteiger partial charge in [0.2, 0.25) is 0 Å². The third-order valence-electron chi connectivity index (χ3n) is 4.45. The topological polar surface area (TPSA) is 99.0 Å². The first-order chi connectivity index (χ1) is 12.9. The number of ether oxygens (including phenoxy) is 1. The third-order valence-corrected chi connectivity index (χ3v) is 4.45. The summed E-state index contributed by atoms with van der Waals surface area (Å²) in [5.74, 6) is -0.215. The van der Waals surface area contributed by atoms with Gasteiger partial charge in [0.1, 0.15) is 11.5 Å². The van der Waals surface area contributed by atoms with Gasteiger partial charge in [0.25, 0.3) is 0 Å². The van der Waals surface area contributed by atoms with Crippen molar-refractivity contribution in [3.05, 3.63) is 59.2 Å². The Kier molecular flexibility index (Phi) is 7.64. The highest BCUT2D eigenvalue weighted by atomic mass is 16.5. The summed E-state index contributed by atoms with van der Waals surface area (Å²) in [6.07, 6.45) is 0.869. The van der Waals surface area contributed by atoms with Crippen LogP contribution in [0.4, 0.5) is 0 Å². The smallest absolute Gasteiger partial charge is 0.341 e. The number of aryl methyl sites for hydroxylation is 1. The highest BCUT2D eigenvalue weighted by Crippen LogP contribution is 2.22. The molecule has 27 heavy (non-hydrogen) atoms. The van der Waals surface area contributed by atoms with Crippen LogP contribution in [-0.4, -0.2) is 40.5 Å². The van der Waals surface area contributed by atoms with Crippen LogP contribution in [0.5, 0.6) is 11.5 Å². The van der Waals surface area contributed by atoms with Crippen molar-refractivity contribution in [2.24, 2.45) is 0 Å². The van der Waals surface area contributed by atoms with E-state index in [4.69, 9.17) is 9.84 Å². The standard InChI is InChI=1S/C21H27NO5/c1-3-16-12-15(4-9-19(16)27-13-20(24)25)10-11-22-14(2)21(26)17-5-7-18(23)8-6-17/h4-9,12,14,21-23,26H,3,10-11,13H2,1-2H3,(H,24,25)/t14-,21-/m0/s1. The van der Waals surface area contributed by atoms with Crippen molar-refractivity contribution in [1.29, 1.82) is 0 Å². The third kappa shape index (κ3) is 6.27. The Bertz CT molecular complexity index is 745. The van der Waals surface area contributed by atoms with Gasteiger partial charge in [-0.1, -0.05) is 31.2 Å². The van der Waals surface area contributed by atoms with E-state index < -0.39 is 12.1 Å². The highest BCUT2D eigenvalue weighted by Gasteiger charge is 2.15. The van der Waals surface area contributed by atoms with Crippen LogP contribution >= 0.6 is 0 Å². The summed E-state index contributed by atoms with van der Waals surface area (Å²) in [5.41, 5.74) is 2.85. The van der Waals surface area contributed by atoms with Crippen molar-refractivity contribution in [1.82, 2.24) is 5.32 Å². The summed E-state index contributed by atoms with van der Waals surface area (Å²) in [5, 5.41) is 31.8. The number of aliphatic hydroxyl groups excluding tert-OH is 1. The maximum absolute atomic E-state index is 10.7. The van der Waals surface area contributed by atoms with Crippen LogP contribution in [-0.2, 0) is 17.6 Å². The first-order valence-electron chi connectivity index (χ1n) is 9.07. The Morgan fingerprint density at radius 2 is 1.89 bits per heavy atom. The molecule has 4 N–H and O–H groups in total. The maximum Gasteiger partial charge on any atom is 0.341 e. The summed E-state index contributed by atoms with van der Waals surface area (Å²) in [6.45, 7) is 4.26. The Hall–Kier alpha value is -2.57. The van der Waals surface area contributed by atoms with Crippen LogP contribution in [0.15, 0.2) is 42.5 Å². The first kappa shape index (κ1) is 20.7. The van der Waals surface area contributed by atoms with Crippen molar-refractivity contribution in [2.45, 2.75) is 38.8 Å². The zero-order valence-corrected chi connectivity index (χ0v) is 15.7. The van der Waals surface area contributed by atoms with Gasteiger partial charge in [-0.25, -0.2) is 4.79 Å². The Balaban J connectivity index is 1.88. The number of hydrogen-bond acceptors (Lipinski definition) is 5. The van der Waals surface area contributed by atoms with E-state index in [9.17, 15) is 15.0 Å². The Morgan fingerprint density at radius 3 is 2.52 bits per heavy atom. The second-order valence-corrected chi connectivity index (χ2v) is 6.51. The summed E-state index contributed by atoms with van der Waals surface area (Å²) in [6, 6.07) is 12.2. The first-order valence-corrected chi connectivity index (χ1v) is 9.07. The minimum absolute atomic E-state index is 0.140. The zero-order chi connectivity index (χ0) is 19.8. The van der Waals surface area contributed by atoms with Crippen LogP contribution in [0.25, 0.3) is 0 Å². The average molecular weight is 373 g/mol. The molecule has 0 aromatic heterocycles. The molecular formula is C21H27NO5. The molecule has 2 rings (SSSR count). The zero-order valence-electron chi connectivity index (χ0n) is 15.7. The SMILES string of the molecule is CCc1cc(CCN[C@@H](C)[C@H](O)c2ccc(O)cc2)ccc1OCC(=O)O. The van der Waals surface area contributed by atoms with Crippen molar-refractivity contribution in [3.63, 3.8) is 0 Å². The van der Waals surface area contributed by atoms with E-state index >= 15 is 0 Å². The molecule has 2 aromatic carbocycles. The lowest BCUT2D eigenvalue weighted by atomic mass is 10.0. The van der Waals surface area contributed by atoms with Crippen LogP contribution in [0, 0.1) is 0 Å². The molecule has 0 saturated carbocycles. The van der Waals surface area contributed by atoms with Gasteiger partial charge in [-0.15, -0.1) is 0 Å². The van der Waals surface area contributed by atoms with E-state index in [2.05, 4.69) is 5.32 Å². The lowest BCUT2D eigenvalue weighted by Crippen LogP contribution is -2.33. The van der Waals surface area contributed by atoms with E-state index in [1.807, 2.05) is 32.0 Å². The molecular weight excluding hydrogens is 346 g/mol. The largest absolute Gasteiger partial charge is 0.508 e. The fraction of sp³-hybridized carbons (Fsp3) is 0.381. The average Bonchev–Trinajstić information content (AvgIpc) is 2.66. The lowest BCUT2D eigenvalue weighted by Gasteiger charge is -2.21. The second kappa shape index (κ2) is 9.94. The van der Waals surface area contributed by atoms with Crippen molar-refractivity contribution in [2.75, 3.05) is 13.2 Å². The minimum Gasteiger partial charge on any atom is -0.508 e. The maximum atomic E-state index is 10.7. The number of carboxylic acids is 1. The molecule has 0 fully saturated rings. The Labute approximate surface area is 159 Å². The fourth-order valence-electron chi connectivity index (χ4n) is 2.86. The number of aliphatic hydroxyl groups is 1. The number of phenols is 1. The lowest BCUT2D eigenvalue weighted by molar-refractivity contribution is -0.139. The van der Waals surface area contributed by atoms with Gasteiger partial charge in [-0.2, -0.15) is 0 Å². The van der Waals surface area contributed by atoms with Crippen molar-refractivity contribution in [3.8, 4) is 11.5 Å². The minimum atomic E-state index is -0.994. The van der Waals surface area contributed by atoms with Gasteiger partial charge in [-0.3, -0.25) is 0 Å². The molecule has 0 unspecified atom stereocenters. The number of nitrogens with one attached hydrogen (secondary N) is 1. The van der Waals surface area contributed by atoms with Gasteiger partial charge >= 0.3 is 5.97 Å². The molecule has 146 valence electrons.